The standard InChI is InChI=1S/C56H35NO2/c1-2-10-38(11-3-1)47-15-8-16-49-50-17-9-18-52(56(50)59-55(47)49)57(44-30-24-37(25-31-44)41-27-33-54-51(35-41)48-14-6-7-19-53(48)58-54)43-28-22-36(23-29-43)40-26-32-46-42(34-40)21-20-39-12-4-5-13-45(39)46/h1-35H. The lowest BCUT2D eigenvalue weighted by Gasteiger charge is -2.26. The van der Waals surface area contributed by atoms with Crippen molar-refractivity contribution >= 4 is 82.5 Å². The molecule has 0 N–H and O–H groups in total. The topological polar surface area (TPSA) is 29.5 Å². The van der Waals surface area contributed by atoms with Gasteiger partial charge in [0, 0.05) is 38.5 Å². The zero-order valence-electron chi connectivity index (χ0n) is 32.0. The van der Waals surface area contributed by atoms with Crippen molar-refractivity contribution < 1.29 is 8.83 Å². The first-order chi connectivity index (χ1) is 29.2. The highest BCUT2D eigenvalue weighted by atomic mass is 16.3. The molecule has 0 aliphatic rings. The summed E-state index contributed by atoms with van der Waals surface area (Å²) in [6, 6.07) is 75.7. The maximum Gasteiger partial charge on any atom is 0.159 e. The fraction of sp³-hybridized carbons (Fsp3) is 0. The number of hydrogen-bond donors (Lipinski definition) is 0. The summed E-state index contributed by atoms with van der Waals surface area (Å²) >= 11 is 0. The largest absolute Gasteiger partial charge is 0.456 e. The van der Waals surface area contributed by atoms with Crippen LogP contribution in [0.3, 0.4) is 0 Å². The van der Waals surface area contributed by atoms with E-state index in [1.54, 1.807) is 0 Å². The average molecular weight is 754 g/mol. The predicted octanol–water partition coefficient (Wildman–Crippen LogP) is 16.3. The van der Waals surface area contributed by atoms with Crippen LogP contribution in [0.2, 0.25) is 0 Å². The summed E-state index contributed by atoms with van der Waals surface area (Å²) in [7, 11) is 0. The normalized spacial score (nSPS) is 11.7. The van der Waals surface area contributed by atoms with Crippen LogP contribution < -0.4 is 4.90 Å². The van der Waals surface area contributed by atoms with Gasteiger partial charge in [-0.3, -0.25) is 0 Å². The highest BCUT2D eigenvalue weighted by molar-refractivity contribution is 6.14. The van der Waals surface area contributed by atoms with Crippen LogP contribution in [0, 0.1) is 0 Å². The van der Waals surface area contributed by atoms with Gasteiger partial charge in [0.15, 0.2) is 5.58 Å². The van der Waals surface area contributed by atoms with E-state index in [2.05, 4.69) is 199 Å². The molecule has 12 aromatic rings. The maximum absolute atomic E-state index is 6.97. The molecule has 0 aliphatic carbocycles. The summed E-state index contributed by atoms with van der Waals surface area (Å²) in [4.78, 5) is 2.32. The second kappa shape index (κ2) is 13.4. The van der Waals surface area contributed by atoms with Crippen molar-refractivity contribution in [2.24, 2.45) is 0 Å². The molecular formula is C56H35NO2. The van der Waals surface area contributed by atoms with E-state index in [1.165, 1.54) is 27.1 Å². The Hall–Kier alpha value is -7.88. The second-order valence-corrected chi connectivity index (χ2v) is 15.3. The maximum atomic E-state index is 6.97. The minimum atomic E-state index is 0.845. The van der Waals surface area contributed by atoms with Gasteiger partial charge in [0.25, 0.3) is 0 Å². The number of fused-ring (bicyclic) bond motifs is 9. The molecule has 0 spiro atoms. The fourth-order valence-corrected chi connectivity index (χ4v) is 8.96. The Kier molecular flexibility index (Phi) is 7.54. The summed E-state index contributed by atoms with van der Waals surface area (Å²) in [5, 5.41) is 9.47. The molecule has 10 aromatic carbocycles. The van der Waals surface area contributed by atoms with Crippen molar-refractivity contribution in [2.45, 2.75) is 0 Å². The molecule has 0 saturated heterocycles. The Morgan fingerprint density at radius 1 is 0.288 bits per heavy atom. The van der Waals surface area contributed by atoms with Crippen LogP contribution in [0.25, 0.3) is 98.8 Å². The van der Waals surface area contributed by atoms with E-state index in [0.717, 1.165) is 88.8 Å². The van der Waals surface area contributed by atoms with Crippen LogP contribution in [-0.2, 0) is 0 Å². The quantitative estimate of drug-likeness (QED) is 0.158. The molecule has 0 fully saturated rings. The first-order valence-electron chi connectivity index (χ1n) is 20.1. The van der Waals surface area contributed by atoms with Crippen molar-refractivity contribution in [2.75, 3.05) is 4.90 Å². The van der Waals surface area contributed by atoms with Gasteiger partial charge in [-0.1, -0.05) is 158 Å². The van der Waals surface area contributed by atoms with Gasteiger partial charge in [0.2, 0.25) is 0 Å². The molecule has 0 unspecified atom stereocenters. The van der Waals surface area contributed by atoms with E-state index in [1.807, 2.05) is 18.2 Å². The lowest BCUT2D eigenvalue weighted by atomic mass is 9.97. The Balaban J connectivity index is 0.988. The molecule has 2 heterocycles. The second-order valence-electron chi connectivity index (χ2n) is 15.3. The number of rotatable bonds is 6. The van der Waals surface area contributed by atoms with Gasteiger partial charge < -0.3 is 13.7 Å². The van der Waals surface area contributed by atoms with Crippen molar-refractivity contribution in [3.8, 4) is 33.4 Å². The van der Waals surface area contributed by atoms with E-state index in [9.17, 15) is 0 Å². The highest BCUT2D eigenvalue weighted by Gasteiger charge is 2.21. The summed E-state index contributed by atoms with van der Waals surface area (Å²) in [6.07, 6.45) is 0. The average Bonchev–Trinajstić information content (AvgIpc) is 3.88. The zero-order chi connectivity index (χ0) is 38.9. The smallest absolute Gasteiger partial charge is 0.159 e. The number of furan rings is 2. The summed E-state index contributed by atoms with van der Waals surface area (Å²) in [5.74, 6) is 0. The van der Waals surface area contributed by atoms with Crippen molar-refractivity contribution in [3.63, 3.8) is 0 Å². The van der Waals surface area contributed by atoms with Gasteiger partial charge in [-0.2, -0.15) is 0 Å². The molecule has 2 aromatic heterocycles. The third-order valence-electron chi connectivity index (χ3n) is 11.9. The van der Waals surface area contributed by atoms with E-state index in [-0.39, 0.29) is 0 Å². The summed E-state index contributed by atoms with van der Waals surface area (Å²) in [5.41, 5.74) is 13.4. The molecule has 12 rings (SSSR count). The highest BCUT2D eigenvalue weighted by Crippen LogP contribution is 2.45. The lowest BCUT2D eigenvalue weighted by molar-refractivity contribution is 0.669. The third kappa shape index (κ3) is 5.51. The zero-order valence-corrected chi connectivity index (χ0v) is 32.0. The third-order valence-corrected chi connectivity index (χ3v) is 11.9. The van der Waals surface area contributed by atoms with Gasteiger partial charge in [-0.05, 0) is 104 Å². The van der Waals surface area contributed by atoms with Gasteiger partial charge >= 0.3 is 0 Å². The van der Waals surface area contributed by atoms with Crippen LogP contribution in [0.1, 0.15) is 0 Å². The minimum absolute atomic E-state index is 0.845. The Labute approximate surface area is 340 Å². The predicted molar refractivity (Wildman–Crippen MR) is 247 cm³/mol. The summed E-state index contributed by atoms with van der Waals surface area (Å²) in [6.45, 7) is 0. The van der Waals surface area contributed by atoms with Crippen LogP contribution in [0.4, 0.5) is 17.1 Å². The van der Waals surface area contributed by atoms with Crippen molar-refractivity contribution in [3.05, 3.63) is 212 Å². The fourth-order valence-electron chi connectivity index (χ4n) is 8.96. The number of anilines is 3. The molecule has 3 nitrogen and oxygen atoms in total. The Morgan fingerprint density at radius 3 is 1.66 bits per heavy atom. The number of nitrogens with zero attached hydrogens (tertiary/aromatic N) is 1. The molecule has 0 atom stereocenters. The Bertz CT molecular complexity index is 3540. The molecular weight excluding hydrogens is 719 g/mol. The molecule has 3 heteroatoms. The van der Waals surface area contributed by atoms with Crippen molar-refractivity contribution in [1.29, 1.82) is 0 Å². The monoisotopic (exact) mass is 753 g/mol. The Morgan fingerprint density at radius 2 is 0.864 bits per heavy atom. The molecule has 0 amide bonds. The van der Waals surface area contributed by atoms with E-state index < -0.39 is 0 Å². The molecule has 59 heavy (non-hydrogen) atoms. The van der Waals surface area contributed by atoms with Gasteiger partial charge in [-0.15, -0.1) is 0 Å². The summed E-state index contributed by atoms with van der Waals surface area (Å²) < 4.78 is 13.1. The van der Waals surface area contributed by atoms with Crippen molar-refractivity contribution in [1.82, 2.24) is 0 Å². The molecule has 276 valence electrons. The van der Waals surface area contributed by atoms with Gasteiger partial charge in [0.05, 0.1) is 5.69 Å². The van der Waals surface area contributed by atoms with Crippen LogP contribution in [0.5, 0.6) is 0 Å². The minimum Gasteiger partial charge on any atom is -0.456 e. The van der Waals surface area contributed by atoms with Crippen LogP contribution >= 0.6 is 0 Å². The van der Waals surface area contributed by atoms with E-state index >= 15 is 0 Å². The molecule has 0 radical (unpaired) electrons. The number of benzene rings is 10. The first-order valence-corrected chi connectivity index (χ1v) is 20.1. The van der Waals surface area contributed by atoms with Crippen LogP contribution in [-0.4, -0.2) is 0 Å². The van der Waals surface area contributed by atoms with E-state index in [0.29, 0.717) is 0 Å². The van der Waals surface area contributed by atoms with E-state index in [4.69, 9.17) is 8.83 Å². The number of hydrogen-bond acceptors (Lipinski definition) is 3. The van der Waals surface area contributed by atoms with Gasteiger partial charge in [0.1, 0.15) is 16.7 Å². The van der Waals surface area contributed by atoms with Crippen LogP contribution in [0.15, 0.2) is 221 Å². The van der Waals surface area contributed by atoms with Gasteiger partial charge in [-0.25, -0.2) is 0 Å². The SMILES string of the molecule is c1ccc(-c2cccc3c2oc2c(N(c4ccc(-c5ccc6c(ccc7ccccc76)c5)cc4)c4ccc(-c5ccc6oc7ccccc7c6c5)cc4)cccc23)cc1. The lowest BCUT2D eigenvalue weighted by Crippen LogP contribution is -2.10. The molecule has 0 aliphatic heterocycles. The molecule has 0 bridgehead atoms. The first kappa shape index (κ1) is 33.3. The number of para-hydroxylation sites is 3. The molecule has 0 saturated carbocycles.